The van der Waals surface area contributed by atoms with Crippen molar-refractivity contribution >= 4 is 5.91 Å². The van der Waals surface area contributed by atoms with E-state index in [1.165, 1.54) is 0 Å². The first-order valence-electron chi connectivity index (χ1n) is 5.51. The predicted octanol–water partition coefficient (Wildman–Crippen LogP) is 1.47. The SMILES string of the molecule is CCC1(C)CC(=O)NC12CCOCC2. The number of nitrogens with one attached hydrogen (secondary N) is 1. The summed E-state index contributed by atoms with van der Waals surface area (Å²) in [6.07, 6.45) is 3.70. The molecule has 0 saturated carbocycles. The van der Waals surface area contributed by atoms with Crippen LogP contribution >= 0.6 is 0 Å². The summed E-state index contributed by atoms with van der Waals surface area (Å²) in [5.74, 6) is 0.219. The van der Waals surface area contributed by atoms with E-state index < -0.39 is 0 Å². The Kier molecular flexibility index (Phi) is 2.30. The van der Waals surface area contributed by atoms with Crippen molar-refractivity contribution in [1.82, 2.24) is 5.32 Å². The third-order valence-corrected chi connectivity index (χ3v) is 4.21. The van der Waals surface area contributed by atoms with Gasteiger partial charge in [-0.15, -0.1) is 0 Å². The van der Waals surface area contributed by atoms with Gasteiger partial charge in [0.05, 0.1) is 5.54 Å². The zero-order valence-electron chi connectivity index (χ0n) is 9.06. The summed E-state index contributed by atoms with van der Waals surface area (Å²) < 4.78 is 5.38. The molecule has 2 heterocycles. The molecule has 1 spiro atoms. The molecule has 0 radical (unpaired) electrons. The summed E-state index contributed by atoms with van der Waals surface area (Å²) in [6, 6.07) is 0. The molecule has 2 saturated heterocycles. The number of carbonyl (C=O) groups is 1. The van der Waals surface area contributed by atoms with E-state index in [1.807, 2.05) is 0 Å². The van der Waals surface area contributed by atoms with Gasteiger partial charge < -0.3 is 10.1 Å². The molecule has 1 amide bonds. The van der Waals surface area contributed by atoms with Gasteiger partial charge in [-0.3, -0.25) is 4.79 Å². The number of rotatable bonds is 1. The molecule has 0 bridgehead atoms. The minimum Gasteiger partial charge on any atom is -0.381 e. The lowest BCUT2D eigenvalue weighted by atomic mass is 9.66. The summed E-state index contributed by atoms with van der Waals surface area (Å²) in [7, 11) is 0. The molecule has 2 aliphatic rings. The highest BCUT2D eigenvalue weighted by molar-refractivity contribution is 5.81. The van der Waals surface area contributed by atoms with E-state index >= 15 is 0 Å². The molecule has 80 valence electrons. The second-order valence-electron chi connectivity index (χ2n) is 4.83. The highest BCUT2D eigenvalue weighted by Crippen LogP contribution is 2.47. The first-order valence-corrected chi connectivity index (χ1v) is 5.51. The van der Waals surface area contributed by atoms with Crippen LogP contribution in [0.15, 0.2) is 0 Å². The van der Waals surface area contributed by atoms with E-state index in [9.17, 15) is 4.79 Å². The topological polar surface area (TPSA) is 38.3 Å². The molecule has 14 heavy (non-hydrogen) atoms. The van der Waals surface area contributed by atoms with E-state index in [0.717, 1.165) is 32.5 Å². The van der Waals surface area contributed by atoms with Crippen LogP contribution in [0, 0.1) is 5.41 Å². The van der Waals surface area contributed by atoms with E-state index in [4.69, 9.17) is 4.74 Å². The average Bonchev–Trinajstić information content (AvgIpc) is 2.40. The zero-order chi connectivity index (χ0) is 10.2. The fraction of sp³-hybridized carbons (Fsp3) is 0.909. The van der Waals surface area contributed by atoms with Crippen LogP contribution in [0.3, 0.4) is 0 Å². The summed E-state index contributed by atoms with van der Waals surface area (Å²) in [5.41, 5.74) is 0.158. The molecule has 3 heteroatoms. The molecule has 0 aromatic rings. The highest BCUT2D eigenvalue weighted by Gasteiger charge is 2.54. The second-order valence-corrected chi connectivity index (χ2v) is 4.83. The molecule has 2 fully saturated rings. The molecule has 0 aliphatic carbocycles. The van der Waals surface area contributed by atoms with Gasteiger partial charge in [-0.1, -0.05) is 13.8 Å². The summed E-state index contributed by atoms with van der Waals surface area (Å²) in [6.45, 7) is 5.99. The maximum absolute atomic E-state index is 11.5. The maximum atomic E-state index is 11.5. The van der Waals surface area contributed by atoms with Gasteiger partial charge in [-0.2, -0.15) is 0 Å². The fourth-order valence-corrected chi connectivity index (χ4v) is 2.90. The first-order chi connectivity index (χ1) is 6.62. The van der Waals surface area contributed by atoms with Crippen LogP contribution in [0.1, 0.15) is 39.5 Å². The molecule has 3 nitrogen and oxygen atoms in total. The summed E-state index contributed by atoms with van der Waals surface area (Å²) >= 11 is 0. The highest BCUT2D eigenvalue weighted by atomic mass is 16.5. The Labute approximate surface area is 85.2 Å². The van der Waals surface area contributed by atoms with Gasteiger partial charge in [-0.05, 0) is 24.7 Å². The number of hydrogen-bond donors (Lipinski definition) is 1. The molecule has 2 rings (SSSR count). The zero-order valence-corrected chi connectivity index (χ0v) is 9.06. The first kappa shape index (κ1) is 9.97. The third kappa shape index (κ3) is 1.26. The standard InChI is InChI=1S/C11H19NO2/c1-3-10(2)8-9(13)12-11(10)4-6-14-7-5-11/h3-8H2,1-2H3,(H,12,13). The minimum absolute atomic E-state index is 0.0249. The second kappa shape index (κ2) is 3.23. The lowest BCUT2D eigenvalue weighted by molar-refractivity contribution is -0.120. The Morgan fingerprint density at radius 2 is 2.07 bits per heavy atom. The van der Waals surface area contributed by atoms with Gasteiger partial charge in [0.25, 0.3) is 0 Å². The quantitative estimate of drug-likeness (QED) is 0.691. The lowest BCUT2D eigenvalue weighted by Gasteiger charge is -2.45. The maximum Gasteiger partial charge on any atom is 0.221 e. The van der Waals surface area contributed by atoms with Gasteiger partial charge >= 0.3 is 0 Å². The van der Waals surface area contributed by atoms with Crippen molar-refractivity contribution in [2.24, 2.45) is 5.41 Å². The molecule has 0 aromatic heterocycles. The van der Waals surface area contributed by atoms with Crippen LogP contribution in [-0.4, -0.2) is 24.7 Å². The number of ether oxygens (including phenoxy) is 1. The van der Waals surface area contributed by atoms with Crippen LogP contribution < -0.4 is 5.32 Å². The van der Waals surface area contributed by atoms with E-state index in [1.54, 1.807) is 0 Å². The average molecular weight is 197 g/mol. The largest absolute Gasteiger partial charge is 0.381 e. The Morgan fingerprint density at radius 1 is 1.43 bits per heavy atom. The number of carbonyl (C=O) groups excluding carboxylic acids is 1. The van der Waals surface area contributed by atoms with E-state index in [2.05, 4.69) is 19.2 Å². The Morgan fingerprint density at radius 3 is 2.64 bits per heavy atom. The summed E-state index contributed by atoms with van der Waals surface area (Å²) in [4.78, 5) is 11.5. The van der Waals surface area contributed by atoms with Gasteiger partial charge in [0.15, 0.2) is 0 Å². The molecule has 2 aliphatic heterocycles. The van der Waals surface area contributed by atoms with Gasteiger partial charge in [0.2, 0.25) is 5.91 Å². The normalized spacial score (nSPS) is 36.0. The monoisotopic (exact) mass is 197 g/mol. The molecular weight excluding hydrogens is 178 g/mol. The third-order valence-electron chi connectivity index (χ3n) is 4.21. The van der Waals surface area contributed by atoms with Crippen molar-refractivity contribution in [3.8, 4) is 0 Å². The molecule has 1 atom stereocenters. The van der Waals surface area contributed by atoms with Crippen LogP contribution in [0.5, 0.6) is 0 Å². The van der Waals surface area contributed by atoms with Gasteiger partial charge in [-0.25, -0.2) is 0 Å². The number of hydrogen-bond acceptors (Lipinski definition) is 2. The predicted molar refractivity (Wildman–Crippen MR) is 53.9 cm³/mol. The van der Waals surface area contributed by atoms with Crippen molar-refractivity contribution in [1.29, 1.82) is 0 Å². The lowest BCUT2D eigenvalue weighted by Crippen LogP contribution is -2.54. The van der Waals surface area contributed by atoms with E-state index in [-0.39, 0.29) is 16.9 Å². The Hall–Kier alpha value is -0.570. The van der Waals surface area contributed by atoms with Crippen molar-refractivity contribution in [2.75, 3.05) is 13.2 Å². The smallest absolute Gasteiger partial charge is 0.221 e. The molecular formula is C11H19NO2. The fourth-order valence-electron chi connectivity index (χ4n) is 2.90. The van der Waals surface area contributed by atoms with Gasteiger partial charge in [0.1, 0.15) is 0 Å². The van der Waals surface area contributed by atoms with E-state index in [0.29, 0.717) is 6.42 Å². The Balaban J connectivity index is 2.26. The van der Waals surface area contributed by atoms with Crippen molar-refractivity contribution < 1.29 is 9.53 Å². The molecule has 1 N–H and O–H groups in total. The minimum atomic E-state index is 0.0249. The van der Waals surface area contributed by atoms with Crippen LogP contribution in [0.25, 0.3) is 0 Å². The number of amides is 1. The van der Waals surface area contributed by atoms with Crippen molar-refractivity contribution in [2.45, 2.75) is 45.1 Å². The van der Waals surface area contributed by atoms with Crippen LogP contribution in [0.4, 0.5) is 0 Å². The molecule has 0 aromatic carbocycles. The summed E-state index contributed by atoms with van der Waals surface area (Å²) in [5, 5.41) is 3.19. The van der Waals surface area contributed by atoms with Crippen LogP contribution in [-0.2, 0) is 9.53 Å². The molecule has 1 unspecified atom stereocenters. The van der Waals surface area contributed by atoms with Crippen molar-refractivity contribution in [3.63, 3.8) is 0 Å². The van der Waals surface area contributed by atoms with Crippen molar-refractivity contribution in [3.05, 3.63) is 0 Å². The van der Waals surface area contributed by atoms with Gasteiger partial charge in [0, 0.05) is 19.6 Å². The van der Waals surface area contributed by atoms with Crippen LogP contribution in [0.2, 0.25) is 0 Å². The Bertz CT molecular complexity index is 246.